The molecule has 1 unspecified atom stereocenters. The third-order valence-corrected chi connectivity index (χ3v) is 4.15. The van der Waals surface area contributed by atoms with Gasteiger partial charge in [-0.25, -0.2) is 4.39 Å². The minimum Gasteiger partial charge on any atom is -0.399 e. The number of halogens is 1. The Balaban J connectivity index is 2.06. The van der Waals surface area contributed by atoms with Crippen LogP contribution in [0.4, 0.5) is 10.1 Å². The lowest BCUT2D eigenvalue weighted by atomic mass is 9.89. The van der Waals surface area contributed by atoms with Crippen molar-refractivity contribution in [3.05, 3.63) is 29.6 Å². The van der Waals surface area contributed by atoms with Crippen molar-refractivity contribution in [1.29, 1.82) is 0 Å². The molecule has 0 spiro atoms. The van der Waals surface area contributed by atoms with Crippen molar-refractivity contribution in [2.45, 2.75) is 39.7 Å². The van der Waals surface area contributed by atoms with Gasteiger partial charge in [-0.15, -0.1) is 0 Å². The van der Waals surface area contributed by atoms with Gasteiger partial charge in [-0.2, -0.15) is 0 Å². The van der Waals surface area contributed by atoms with Gasteiger partial charge >= 0.3 is 0 Å². The summed E-state index contributed by atoms with van der Waals surface area (Å²) in [5.74, 6) is 1.02. The fraction of sp³-hybridized carbons (Fsp3) is 0.562. The Morgan fingerprint density at radius 1 is 1.35 bits per heavy atom. The molecule has 0 aliphatic carbocycles. The Kier molecular flexibility index (Phi) is 4.63. The molecule has 0 aromatic heterocycles. The van der Waals surface area contributed by atoms with Gasteiger partial charge < -0.3 is 10.6 Å². The Morgan fingerprint density at radius 3 is 2.75 bits per heavy atom. The third kappa shape index (κ3) is 3.71. The summed E-state index contributed by atoms with van der Waals surface area (Å²) in [6.07, 6.45) is 2.57. The molecule has 2 rings (SSSR count). The van der Waals surface area contributed by atoms with E-state index in [1.165, 1.54) is 12.1 Å². The zero-order chi connectivity index (χ0) is 14.7. The summed E-state index contributed by atoms with van der Waals surface area (Å²) < 4.78 is 13.3. The van der Waals surface area contributed by atoms with E-state index in [0.29, 0.717) is 30.5 Å². The first-order valence-electron chi connectivity index (χ1n) is 7.28. The smallest absolute Gasteiger partial charge is 0.222 e. The number of anilines is 1. The van der Waals surface area contributed by atoms with Crippen molar-refractivity contribution >= 4 is 11.6 Å². The van der Waals surface area contributed by atoms with Crippen LogP contribution in [0.2, 0.25) is 0 Å². The second-order valence-corrected chi connectivity index (χ2v) is 6.04. The molecule has 0 saturated carbocycles. The molecule has 1 aliphatic rings. The third-order valence-electron chi connectivity index (χ3n) is 4.15. The van der Waals surface area contributed by atoms with E-state index in [1.807, 2.05) is 4.90 Å². The molecule has 1 amide bonds. The molecule has 1 heterocycles. The monoisotopic (exact) mass is 278 g/mol. The highest BCUT2D eigenvalue weighted by molar-refractivity contribution is 5.76. The van der Waals surface area contributed by atoms with Crippen LogP contribution in [0.1, 0.15) is 38.7 Å². The minimum atomic E-state index is -0.345. The SMILES string of the molecule is CC(C)C1CCC(=O)N(Cc2cc(N)cc(F)c2)CC1. The van der Waals surface area contributed by atoms with E-state index >= 15 is 0 Å². The van der Waals surface area contributed by atoms with Crippen molar-refractivity contribution in [2.24, 2.45) is 11.8 Å². The second kappa shape index (κ2) is 6.25. The Morgan fingerprint density at radius 2 is 2.10 bits per heavy atom. The summed E-state index contributed by atoms with van der Waals surface area (Å²) in [5.41, 5.74) is 6.82. The molecule has 3 nitrogen and oxygen atoms in total. The zero-order valence-corrected chi connectivity index (χ0v) is 12.2. The van der Waals surface area contributed by atoms with Crippen molar-refractivity contribution in [1.82, 2.24) is 4.90 Å². The average Bonchev–Trinajstić information content (AvgIpc) is 2.51. The molecule has 1 fully saturated rings. The summed E-state index contributed by atoms with van der Waals surface area (Å²) in [7, 11) is 0. The van der Waals surface area contributed by atoms with Crippen LogP contribution in [0.15, 0.2) is 18.2 Å². The number of carbonyl (C=O) groups excluding carboxylic acids is 1. The van der Waals surface area contributed by atoms with Crippen molar-refractivity contribution in [3.8, 4) is 0 Å². The molecule has 1 aromatic carbocycles. The van der Waals surface area contributed by atoms with Crippen LogP contribution < -0.4 is 5.73 Å². The van der Waals surface area contributed by atoms with E-state index in [2.05, 4.69) is 13.8 Å². The molecule has 0 bridgehead atoms. The fourth-order valence-corrected chi connectivity index (χ4v) is 2.88. The predicted octanol–water partition coefficient (Wildman–Crippen LogP) is 3.19. The van der Waals surface area contributed by atoms with Crippen LogP contribution in [0.25, 0.3) is 0 Å². The number of nitrogens with zero attached hydrogens (tertiary/aromatic N) is 1. The van der Waals surface area contributed by atoms with E-state index in [9.17, 15) is 9.18 Å². The lowest BCUT2D eigenvalue weighted by Gasteiger charge is -2.22. The minimum absolute atomic E-state index is 0.163. The standard InChI is InChI=1S/C16H23FN2O/c1-11(2)13-3-4-16(20)19(6-5-13)10-12-7-14(17)9-15(18)8-12/h7-9,11,13H,3-6,10,18H2,1-2H3. The van der Waals surface area contributed by atoms with Gasteiger partial charge in [0.1, 0.15) is 5.82 Å². The number of hydrogen-bond acceptors (Lipinski definition) is 2. The van der Waals surface area contributed by atoms with Crippen LogP contribution in [0.5, 0.6) is 0 Å². The maximum absolute atomic E-state index is 13.3. The summed E-state index contributed by atoms with van der Waals surface area (Å²) in [6.45, 7) is 5.61. The molecule has 1 atom stereocenters. The Labute approximate surface area is 120 Å². The molecular formula is C16H23FN2O. The molecule has 2 N–H and O–H groups in total. The quantitative estimate of drug-likeness (QED) is 0.863. The molecule has 4 heteroatoms. The maximum atomic E-state index is 13.3. The van der Waals surface area contributed by atoms with Gasteiger partial charge in [-0.05, 0) is 48.4 Å². The summed E-state index contributed by atoms with van der Waals surface area (Å²) >= 11 is 0. The normalized spacial score (nSPS) is 20.3. The van der Waals surface area contributed by atoms with Gasteiger partial charge in [0.25, 0.3) is 0 Å². The van der Waals surface area contributed by atoms with E-state index < -0.39 is 0 Å². The second-order valence-electron chi connectivity index (χ2n) is 6.04. The summed E-state index contributed by atoms with van der Waals surface area (Å²) in [5, 5.41) is 0. The number of rotatable bonds is 3. The molecular weight excluding hydrogens is 255 g/mol. The van der Waals surface area contributed by atoms with E-state index in [1.54, 1.807) is 6.07 Å². The van der Waals surface area contributed by atoms with Crippen molar-refractivity contribution < 1.29 is 9.18 Å². The van der Waals surface area contributed by atoms with Crippen LogP contribution in [-0.4, -0.2) is 17.4 Å². The lowest BCUT2D eigenvalue weighted by Crippen LogP contribution is -2.30. The van der Waals surface area contributed by atoms with Gasteiger partial charge in [-0.1, -0.05) is 13.8 Å². The highest BCUT2D eigenvalue weighted by atomic mass is 19.1. The maximum Gasteiger partial charge on any atom is 0.222 e. The Hall–Kier alpha value is -1.58. The number of benzene rings is 1. The first-order valence-corrected chi connectivity index (χ1v) is 7.28. The zero-order valence-electron chi connectivity index (χ0n) is 12.2. The molecule has 1 aromatic rings. The molecule has 110 valence electrons. The molecule has 20 heavy (non-hydrogen) atoms. The molecule has 1 saturated heterocycles. The topological polar surface area (TPSA) is 46.3 Å². The average molecular weight is 278 g/mol. The van der Waals surface area contributed by atoms with Gasteiger partial charge in [-0.3, -0.25) is 4.79 Å². The number of amides is 1. The van der Waals surface area contributed by atoms with Gasteiger partial charge in [0.2, 0.25) is 5.91 Å². The van der Waals surface area contributed by atoms with E-state index in [4.69, 9.17) is 5.73 Å². The number of likely N-dealkylation sites (tertiary alicyclic amines) is 1. The number of carbonyl (C=O) groups is 1. The first kappa shape index (κ1) is 14.8. The summed E-state index contributed by atoms with van der Waals surface area (Å²) in [6, 6.07) is 4.48. The van der Waals surface area contributed by atoms with Gasteiger partial charge in [0.05, 0.1) is 0 Å². The summed E-state index contributed by atoms with van der Waals surface area (Å²) in [4.78, 5) is 14.0. The lowest BCUT2D eigenvalue weighted by molar-refractivity contribution is -0.131. The van der Waals surface area contributed by atoms with Gasteiger partial charge in [0, 0.05) is 25.2 Å². The fourth-order valence-electron chi connectivity index (χ4n) is 2.88. The highest BCUT2D eigenvalue weighted by Crippen LogP contribution is 2.26. The van der Waals surface area contributed by atoms with E-state index in [-0.39, 0.29) is 11.7 Å². The van der Waals surface area contributed by atoms with Crippen LogP contribution in [0.3, 0.4) is 0 Å². The van der Waals surface area contributed by atoms with Crippen LogP contribution in [-0.2, 0) is 11.3 Å². The van der Waals surface area contributed by atoms with Crippen LogP contribution in [0, 0.1) is 17.7 Å². The van der Waals surface area contributed by atoms with Crippen LogP contribution >= 0.6 is 0 Å². The van der Waals surface area contributed by atoms with Gasteiger partial charge in [0.15, 0.2) is 0 Å². The van der Waals surface area contributed by atoms with E-state index in [0.717, 1.165) is 24.9 Å². The number of nitrogens with two attached hydrogens (primary N) is 1. The Bertz CT molecular complexity index is 467. The van der Waals surface area contributed by atoms with Crippen molar-refractivity contribution in [3.63, 3.8) is 0 Å². The van der Waals surface area contributed by atoms with Crippen molar-refractivity contribution in [2.75, 3.05) is 12.3 Å². The highest BCUT2D eigenvalue weighted by Gasteiger charge is 2.24. The molecule has 0 radical (unpaired) electrons. The first-order chi connectivity index (χ1) is 9.45. The predicted molar refractivity (Wildman–Crippen MR) is 78.4 cm³/mol. The largest absolute Gasteiger partial charge is 0.399 e. The number of nitrogen functional groups attached to an aromatic ring is 1. The number of hydrogen-bond donors (Lipinski definition) is 1. The molecule has 1 aliphatic heterocycles.